The molecule has 0 radical (unpaired) electrons. The molecule has 1 aromatic heterocycles. The number of nitrogens with zero attached hydrogens (tertiary/aromatic N) is 2. The van der Waals surface area contributed by atoms with Crippen LogP contribution < -0.4 is 11.1 Å². The summed E-state index contributed by atoms with van der Waals surface area (Å²) in [4.78, 5) is 21.7. The highest BCUT2D eigenvalue weighted by atomic mass is 79.9. The number of primary amides is 1. The smallest absolute Gasteiger partial charge is 0.318 e. The fraction of sp³-hybridized carbons (Fsp3) is 0.0909. The number of urea groups is 1. The highest BCUT2D eigenvalue weighted by molar-refractivity contribution is 9.10. The minimum absolute atomic E-state index is 0.0386. The van der Waals surface area contributed by atoms with Gasteiger partial charge in [0.1, 0.15) is 0 Å². The molecule has 0 fully saturated rings. The van der Waals surface area contributed by atoms with Crippen LogP contribution in [0.25, 0.3) is 11.5 Å². The molecule has 0 unspecified atom stereocenters. The van der Waals surface area contributed by atoms with Crippen LogP contribution in [0.5, 0.6) is 0 Å². The maximum absolute atomic E-state index is 11.2. The number of thioether (sulfide) groups is 1. The molecule has 0 aliphatic heterocycles. The van der Waals surface area contributed by atoms with E-state index in [1.807, 2.05) is 29.6 Å². The van der Waals surface area contributed by atoms with Gasteiger partial charge in [-0.1, -0.05) is 33.8 Å². The Hall–Kier alpha value is -1.87. The number of imide groups is 1. The molecule has 2 rings (SSSR count). The number of hydrogen-bond donors (Lipinski definition) is 2. The third-order valence-electron chi connectivity index (χ3n) is 2.07. The van der Waals surface area contributed by atoms with E-state index < -0.39 is 11.9 Å². The van der Waals surface area contributed by atoms with Gasteiger partial charge in [-0.2, -0.15) is 0 Å². The quantitative estimate of drug-likeness (QED) is 0.807. The Morgan fingerprint density at radius 2 is 2.20 bits per heavy atom. The van der Waals surface area contributed by atoms with E-state index in [0.29, 0.717) is 5.89 Å². The van der Waals surface area contributed by atoms with E-state index in [4.69, 9.17) is 10.2 Å². The van der Waals surface area contributed by atoms with Crippen LogP contribution in [0, 0.1) is 0 Å². The summed E-state index contributed by atoms with van der Waals surface area (Å²) in [7, 11) is 0. The number of aromatic nitrogens is 2. The number of halogens is 1. The van der Waals surface area contributed by atoms with Crippen molar-refractivity contribution in [2.45, 2.75) is 5.22 Å². The molecule has 0 saturated carbocycles. The Morgan fingerprint density at radius 3 is 2.90 bits per heavy atom. The number of hydrogen-bond acceptors (Lipinski definition) is 6. The van der Waals surface area contributed by atoms with Gasteiger partial charge in [0.05, 0.1) is 5.75 Å². The van der Waals surface area contributed by atoms with E-state index in [1.54, 1.807) is 0 Å². The van der Waals surface area contributed by atoms with Crippen LogP contribution in [0.15, 0.2) is 38.4 Å². The van der Waals surface area contributed by atoms with Gasteiger partial charge in [-0.3, -0.25) is 10.1 Å². The van der Waals surface area contributed by atoms with Crippen LogP contribution in [0.3, 0.4) is 0 Å². The first kappa shape index (κ1) is 14.5. The summed E-state index contributed by atoms with van der Waals surface area (Å²) < 4.78 is 6.30. The fourth-order valence-electron chi connectivity index (χ4n) is 1.31. The zero-order chi connectivity index (χ0) is 14.5. The summed E-state index contributed by atoms with van der Waals surface area (Å²) in [6, 6.07) is 6.49. The van der Waals surface area contributed by atoms with Gasteiger partial charge in [-0.15, -0.1) is 10.2 Å². The average molecular weight is 357 g/mol. The molecule has 7 nitrogen and oxygen atoms in total. The zero-order valence-electron chi connectivity index (χ0n) is 10.00. The SMILES string of the molecule is NC(=O)NC(=O)CSc1nnc(-c2cccc(Br)c2)o1. The number of benzene rings is 1. The van der Waals surface area contributed by atoms with Crippen molar-refractivity contribution in [1.82, 2.24) is 15.5 Å². The van der Waals surface area contributed by atoms with Crippen LogP contribution >= 0.6 is 27.7 Å². The van der Waals surface area contributed by atoms with Crippen molar-refractivity contribution in [2.75, 3.05) is 5.75 Å². The maximum atomic E-state index is 11.2. The number of rotatable bonds is 4. The predicted molar refractivity (Wildman–Crippen MR) is 75.9 cm³/mol. The molecule has 2 aromatic rings. The second kappa shape index (κ2) is 6.53. The van der Waals surface area contributed by atoms with Crippen LogP contribution in [0.2, 0.25) is 0 Å². The molecule has 0 bridgehead atoms. The molecule has 20 heavy (non-hydrogen) atoms. The molecule has 0 atom stereocenters. The van der Waals surface area contributed by atoms with Gasteiger partial charge in [0.2, 0.25) is 11.8 Å². The van der Waals surface area contributed by atoms with Crippen molar-refractivity contribution >= 4 is 39.6 Å². The molecule has 104 valence electrons. The summed E-state index contributed by atoms with van der Waals surface area (Å²) in [5.41, 5.74) is 5.58. The normalized spacial score (nSPS) is 10.2. The Labute approximate surface area is 126 Å². The standard InChI is InChI=1S/C11H9BrN4O3S/c12-7-3-1-2-6(4-7)9-15-16-11(19-9)20-5-8(17)14-10(13)18/h1-4H,5H2,(H3,13,14,17,18). The molecule has 0 aliphatic carbocycles. The first-order valence-corrected chi connectivity index (χ1v) is 7.14. The highest BCUT2D eigenvalue weighted by Crippen LogP contribution is 2.25. The Balaban J connectivity index is 1.99. The maximum Gasteiger partial charge on any atom is 0.318 e. The number of nitrogens with two attached hydrogens (primary N) is 1. The molecule has 3 N–H and O–H groups in total. The van der Waals surface area contributed by atoms with E-state index in [9.17, 15) is 9.59 Å². The molecule has 0 spiro atoms. The van der Waals surface area contributed by atoms with E-state index in [-0.39, 0.29) is 11.0 Å². The molecule has 1 heterocycles. The lowest BCUT2D eigenvalue weighted by Crippen LogP contribution is -2.36. The minimum atomic E-state index is -0.893. The molecule has 0 saturated heterocycles. The van der Waals surface area contributed by atoms with Crippen molar-refractivity contribution in [3.8, 4) is 11.5 Å². The number of nitrogens with one attached hydrogen (secondary N) is 1. The lowest BCUT2D eigenvalue weighted by molar-refractivity contribution is -0.117. The van der Waals surface area contributed by atoms with Gasteiger partial charge in [-0.25, -0.2) is 4.79 Å². The van der Waals surface area contributed by atoms with Gasteiger partial charge < -0.3 is 10.2 Å². The van der Waals surface area contributed by atoms with Crippen LogP contribution in [0.1, 0.15) is 0 Å². The van der Waals surface area contributed by atoms with Gasteiger partial charge in [0.15, 0.2) is 0 Å². The van der Waals surface area contributed by atoms with Gasteiger partial charge in [-0.05, 0) is 18.2 Å². The monoisotopic (exact) mass is 356 g/mol. The summed E-state index contributed by atoms with van der Waals surface area (Å²) in [5, 5.41) is 9.87. The van der Waals surface area contributed by atoms with E-state index in [2.05, 4.69) is 26.1 Å². The third kappa shape index (κ3) is 4.07. The predicted octanol–water partition coefficient (Wildman–Crippen LogP) is 1.79. The molecule has 3 amide bonds. The fourth-order valence-corrected chi connectivity index (χ4v) is 2.27. The van der Waals surface area contributed by atoms with Crippen LogP contribution in [0.4, 0.5) is 4.79 Å². The van der Waals surface area contributed by atoms with Crippen LogP contribution in [-0.4, -0.2) is 27.9 Å². The number of amides is 3. The lowest BCUT2D eigenvalue weighted by atomic mass is 10.2. The highest BCUT2D eigenvalue weighted by Gasteiger charge is 2.12. The first-order valence-electron chi connectivity index (χ1n) is 5.36. The van der Waals surface area contributed by atoms with Crippen molar-refractivity contribution < 1.29 is 14.0 Å². The lowest BCUT2D eigenvalue weighted by Gasteiger charge is -1.97. The van der Waals surface area contributed by atoms with Gasteiger partial charge in [0.25, 0.3) is 5.22 Å². The van der Waals surface area contributed by atoms with Crippen molar-refractivity contribution in [1.29, 1.82) is 0 Å². The zero-order valence-corrected chi connectivity index (χ0v) is 12.4. The number of carbonyl (C=O) groups excluding carboxylic acids is 2. The average Bonchev–Trinajstić information content (AvgIpc) is 2.84. The second-order valence-corrected chi connectivity index (χ2v) is 5.43. The Morgan fingerprint density at radius 1 is 1.40 bits per heavy atom. The van der Waals surface area contributed by atoms with E-state index in [0.717, 1.165) is 21.8 Å². The van der Waals surface area contributed by atoms with Crippen molar-refractivity contribution in [2.24, 2.45) is 5.73 Å². The van der Waals surface area contributed by atoms with E-state index in [1.165, 1.54) is 0 Å². The van der Waals surface area contributed by atoms with Crippen molar-refractivity contribution in [3.63, 3.8) is 0 Å². The van der Waals surface area contributed by atoms with Gasteiger partial charge >= 0.3 is 6.03 Å². The van der Waals surface area contributed by atoms with Crippen molar-refractivity contribution in [3.05, 3.63) is 28.7 Å². The molecule has 1 aromatic carbocycles. The summed E-state index contributed by atoms with van der Waals surface area (Å²) in [6.07, 6.45) is 0. The Bertz CT molecular complexity index is 646. The molecule has 0 aliphatic rings. The second-order valence-electron chi connectivity index (χ2n) is 3.58. The molecular weight excluding hydrogens is 348 g/mol. The first-order chi connectivity index (χ1) is 9.54. The summed E-state index contributed by atoms with van der Waals surface area (Å²) >= 11 is 4.37. The van der Waals surface area contributed by atoms with E-state index >= 15 is 0 Å². The third-order valence-corrected chi connectivity index (χ3v) is 3.38. The number of carbonyl (C=O) groups is 2. The molecular formula is C11H9BrN4O3S. The topological polar surface area (TPSA) is 111 Å². The largest absolute Gasteiger partial charge is 0.411 e. The molecule has 9 heteroatoms. The summed E-state index contributed by atoms with van der Waals surface area (Å²) in [6.45, 7) is 0. The van der Waals surface area contributed by atoms with Gasteiger partial charge in [0, 0.05) is 10.0 Å². The minimum Gasteiger partial charge on any atom is -0.411 e. The van der Waals surface area contributed by atoms with Crippen LogP contribution in [-0.2, 0) is 4.79 Å². The Kier molecular flexibility index (Phi) is 4.74. The summed E-state index contributed by atoms with van der Waals surface area (Å²) in [5.74, 6) is -0.211.